The first kappa shape index (κ1) is 17.8. The highest BCUT2D eigenvalue weighted by Crippen LogP contribution is 2.39. The molecule has 0 radical (unpaired) electrons. The first-order valence-corrected chi connectivity index (χ1v) is 9.80. The van der Waals surface area contributed by atoms with Gasteiger partial charge >= 0.3 is 0 Å². The van der Waals surface area contributed by atoms with Crippen LogP contribution in [0.1, 0.15) is 28.8 Å². The third-order valence-corrected chi connectivity index (χ3v) is 5.64. The summed E-state index contributed by atoms with van der Waals surface area (Å²) in [5.74, 6) is -0.313. The minimum Gasteiger partial charge on any atom is -0.376 e. The number of ether oxygens (including phenoxy) is 1. The Balaban J connectivity index is 1.47. The fourth-order valence-electron chi connectivity index (χ4n) is 3.12. The molecule has 2 aromatic carbocycles. The molecule has 0 bridgehead atoms. The smallest absolute Gasteiger partial charge is 0.262 e. The van der Waals surface area contributed by atoms with Crippen molar-refractivity contribution in [1.82, 2.24) is 5.32 Å². The summed E-state index contributed by atoms with van der Waals surface area (Å²) in [6.45, 7) is 1.28. The Kier molecular flexibility index (Phi) is 5.27. The Labute approximate surface area is 162 Å². The maximum Gasteiger partial charge on any atom is 0.262 e. The highest BCUT2D eigenvalue weighted by atomic mass is 32.2. The molecule has 0 aliphatic carbocycles. The van der Waals surface area contributed by atoms with E-state index in [9.17, 15) is 9.59 Å². The SMILES string of the molecule is O=C1Nc2cc(C(=O)NC[C@H]3CCCO3)ccc2S/C1=C\c1ccccc1. The minimum absolute atomic E-state index is 0.104. The van der Waals surface area contributed by atoms with Crippen LogP contribution in [0.15, 0.2) is 58.3 Å². The van der Waals surface area contributed by atoms with Gasteiger partial charge in [-0.15, -0.1) is 0 Å². The summed E-state index contributed by atoms with van der Waals surface area (Å²) in [7, 11) is 0. The molecule has 1 atom stereocenters. The fraction of sp³-hybridized carbons (Fsp3) is 0.238. The molecule has 138 valence electrons. The van der Waals surface area contributed by atoms with E-state index in [-0.39, 0.29) is 17.9 Å². The molecule has 6 heteroatoms. The van der Waals surface area contributed by atoms with Crippen molar-refractivity contribution in [2.24, 2.45) is 0 Å². The van der Waals surface area contributed by atoms with Crippen LogP contribution in [0.25, 0.3) is 6.08 Å². The number of carbonyl (C=O) groups is 2. The first-order valence-electron chi connectivity index (χ1n) is 8.99. The van der Waals surface area contributed by atoms with Crippen LogP contribution >= 0.6 is 11.8 Å². The second kappa shape index (κ2) is 7.98. The quantitative estimate of drug-likeness (QED) is 0.794. The number of fused-ring (bicyclic) bond motifs is 1. The molecule has 2 N–H and O–H groups in total. The van der Waals surface area contributed by atoms with Crippen molar-refractivity contribution in [3.63, 3.8) is 0 Å². The summed E-state index contributed by atoms with van der Waals surface area (Å²) in [6.07, 6.45) is 3.99. The van der Waals surface area contributed by atoms with Crippen molar-refractivity contribution in [1.29, 1.82) is 0 Å². The molecule has 2 aromatic rings. The molecular weight excluding hydrogens is 360 g/mol. The Morgan fingerprint density at radius 1 is 1.26 bits per heavy atom. The normalized spacial score (nSPS) is 20.2. The van der Waals surface area contributed by atoms with E-state index in [2.05, 4.69) is 10.6 Å². The molecule has 5 nitrogen and oxygen atoms in total. The molecule has 1 saturated heterocycles. The van der Waals surface area contributed by atoms with Crippen molar-refractivity contribution < 1.29 is 14.3 Å². The third-order valence-electron chi connectivity index (χ3n) is 4.55. The Morgan fingerprint density at radius 3 is 2.89 bits per heavy atom. The van der Waals surface area contributed by atoms with E-state index in [0.717, 1.165) is 29.9 Å². The van der Waals surface area contributed by atoms with Crippen molar-refractivity contribution in [2.75, 3.05) is 18.5 Å². The highest BCUT2D eigenvalue weighted by Gasteiger charge is 2.23. The Hall–Kier alpha value is -2.57. The summed E-state index contributed by atoms with van der Waals surface area (Å²) in [5, 5.41) is 5.80. The second-order valence-corrected chi connectivity index (χ2v) is 7.62. The van der Waals surface area contributed by atoms with Gasteiger partial charge in [0, 0.05) is 23.6 Å². The maximum absolute atomic E-state index is 12.4. The maximum atomic E-state index is 12.4. The largest absolute Gasteiger partial charge is 0.376 e. The average Bonchev–Trinajstić information content (AvgIpc) is 3.21. The van der Waals surface area contributed by atoms with Gasteiger partial charge in [-0.2, -0.15) is 0 Å². The van der Waals surface area contributed by atoms with Gasteiger partial charge in [-0.1, -0.05) is 42.1 Å². The molecule has 1 fully saturated rings. The molecule has 0 saturated carbocycles. The molecule has 27 heavy (non-hydrogen) atoms. The summed E-state index contributed by atoms with van der Waals surface area (Å²) in [5.41, 5.74) is 2.17. The number of hydrogen-bond acceptors (Lipinski definition) is 4. The summed E-state index contributed by atoms with van der Waals surface area (Å²) >= 11 is 1.41. The van der Waals surface area contributed by atoms with Gasteiger partial charge in [-0.05, 0) is 42.7 Å². The predicted octanol–water partition coefficient (Wildman–Crippen LogP) is 3.68. The van der Waals surface area contributed by atoms with Gasteiger partial charge in [0.1, 0.15) is 0 Å². The number of rotatable bonds is 4. The van der Waals surface area contributed by atoms with E-state index in [4.69, 9.17) is 4.74 Å². The van der Waals surface area contributed by atoms with E-state index in [1.807, 2.05) is 42.5 Å². The fourth-order valence-corrected chi connectivity index (χ4v) is 4.05. The highest BCUT2D eigenvalue weighted by molar-refractivity contribution is 8.04. The van der Waals surface area contributed by atoms with E-state index < -0.39 is 0 Å². The van der Waals surface area contributed by atoms with Crippen LogP contribution in [-0.2, 0) is 9.53 Å². The topological polar surface area (TPSA) is 67.4 Å². The van der Waals surface area contributed by atoms with E-state index in [1.54, 1.807) is 12.1 Å². The van der Waals surface area contributed by atoms with E-state index >= 15 is 0 Å². The molecular formula is C21H20N2O3S. The minimum atomic E-state index is -0.159. The zero-order chi connectivity index (χ0) is 18.6. The van der Waals surface area contributed by atoms with Crippen LogP contribution in [0.3, 0.4) is 0 Å². The molecule has 2 aliphatic heterocycles. The lowest BCUT2D eigenvalue weighted by Crippen LogP contribution is -2.31. The number of anilines is 1. The van der Waals surface area contributed by atoms with E-state index in [0.29, 0.717) is 22.7 Å². The standard InChI is InChI=1S/C21H20N2O3S/c24-20(22-13-16-7-4-10-26-16)15-8-9-18-17(12-15)23-21(25)19(27-18)11-14-5-2-1-3-6-14/h1-3,5-6,8-9,11-12,16H,4,7,10,13H2,(H,22,24)(H,23,25)/b19-11-/t16-/m1/s1. The number of benzene rings is 2. The lowest BCUT2D eigenvalue weighted by Gasteiger charge is -2.19. The average molecular weight is 380 g/mol. The lowest BCUT2D eigenvalue weighted by molar-refractivity contribution is -0.112. The van der Waals surface area contributed by atoms with Gasteiger partial charge in [-0.3, -0.25) is 9.59 Å². The van der Waals surface area contributed by atoms with Crippen LogP contribution in [0.4, 0.5) is 5.69 Å². The van der Waals surface area contributed by atoms with Crippen molar-refractivity contribution in [3.05, 3.63) is 64.6 Å². The van der Waals surface area contributed by atoms with Gasteiger partial charge in [0.25, 0.3) is 11.8 Å². The first-order chi connectivity index (χ1) is 13.2. The molecule has 0 unspecified atom stereocenters. The lowest BCUT2D eigenvalue weighted by atomic mass is 10.1. The van der Waals surface area contributed by atoms with Crippen LogP contribution in [0.2, 0.25) is 0 Å². The third kappa shape index (κ3) is 4.23. The van der Waals surface area contributed by atoms with Crippen molar-refractivity contribution in [3.8, 4) is 0 Å². The Bertz CT molecular complexity index is 890. The number of hydrogen-bond donors (Lipinski definition) is 2. The van der Waals surface area contributed by atoms with E-state index in [1.165, 1.54) is 11.8 Å². The molecule has 2 aliphatic rings. The zero-order valence-electron chi connectivity index (χ0n) is 14.7. The van der Waals surface area contributed by atoms with Gasteiger partial charge < -0.3 is 15.4 Å². The number of carbonyl (C=O) groups excluding carboxylic acids is 2. The molecule has 0 aromatic heterocycles. The zero-order valence-corrected chi connectivity index (χ0v) is 15.6. The predicted molar refractivity (Wildman–Crippen MR) is 107 cm³/mol. The van der Waals surface area contributed by atoms with Crippen LogP contribution in [0.5, 0.6) is 0 Å². The molecule has 2 heterocycles. The summed E-state index contributed by atoms with van der Waals surface area (Å²) in [6, 6.07) is 15.1. The molecule has 4 rings (SSSR count). The second-order valence-electron chi connectivity index (χ2n) is 6.53. The monoisotopic (exact) mass is 380 g/mol. The molecule has 2 amide bonds. The van der Waals surface area contributed by atoms with Crippen molar-refractivity contribution >= 4 is 35.3 Å². The number of nitrogens with one attached hydrogen (secondary N) is 2. The molecule has 0 spiro atoms. The Morgan fingerprint density at radius 2 is 2.11 bits per heavy atom. The summed E-state index contributed by atoms with van der Waals surface area (Å²) < 4.78 is 5.52. The van der Waals surface area contributed by atoms with Crippen LogP contribution in [0, 0.1) is 0 Å². The van der Waals surface area contributed by atoms with Gasteiger partial charge in [0.2, 0.25) is 0 Å². The summed E-state index contributed by atoms with van der Waals surface area (Å²) in [4.78, 5) is 26.4. The number of thioether (sulfide) groups is 1. The van der Waals surface area contributed by atoms with Crippen LogP contribution in [-0.4, -0.2) is 31.1 Å². The number of amides is 2. The van der Waals surface area contributed by atoms with Gasteiger partial charge in [0.05, 0.1) is 16.7 Å². The van der Waals surface area contributed by atoms with Crippen molar-refractivity contribution in [2.45, 2.75) is 23.8 Å². The van der Waals surface area contributed by atoms with Crippen LogP contribution < -0.4 is 10.6 Å². The van der Waals surface area contributed by atoms with Gasteiger partial charge in [-0.25, -0.2) is 0 Å². The van der Waals surface area contributed by atoms with Gasteiger partial charge in [0.15, 0.2) is 0 Å².